The molecule has 0 N–H and O–H groups in total. The predicted octanol–water partition coefficient (Wildman–Crippen LogP) is 22.3. The first kappa shape index (κ1) is 52.9. The molecule has 0 spiro atoms. The van der Waals surface area contributed by atoms with E-state index < -0.39 is 0 Å². The van der Waals surface area contributed by atoms with Crippen molar-refractivity contribution in [3.8, 4) is 27.9 Å². The van der Waals surface area contributed by atoms with Crippen LogP contribution in [-0.2, 0) is 32.5 Å². The summed E-state index contributed by atoms with van der Waals surface area (Å²) >= 11 is 0. The second kappa shape index (κ2) is 18.2. The van der Waals surface area contributed by atoms with Gasteiger partial charge in [0.25, 0.3) is 0 Å². The Morgan fingerprint density at radius 1 is 0.295 bits per heavy atom. The molecule has 0 aliphatic rings. The number of aromatic nitrogens is 1. The third-order valence-electron chi connectivity index (χ3n) is 16.8. The molecule has 0 saturated carbocycles. The zero-order valence-corrected chi connectivity index (χ0v) is 50.1. The molecule has 10 aromatic carbocycles. The Balaban J connectivity index is 1.15. The van der Waals surface area contributed by atoms with Gasteiger partial charge in [-0.15, -0.1) is 0 Å². The second-order valence-electron chi connectivity index (χ2n) is 28.9. The standard InChI is InChI=1S/C76H82N2/c1-71(2,3)52-31-37-67-62(45-52)63-46-53(72(4,5)6)32-38-68(63)78(67)66-36-30-50-27-33-60-65(35-29-49-28-34-61(66)70(50)69(49)60)77(58-43-56(75(13,14)15)42-57(44-58)76(16,17)18)64-22-20-19-21-59(64)48-25-23-47(24-26-48)51-39-54(73(7,8)9)41-55(40-51)74(10,11)12/h19-46H,1-18H3. The molecule has 0 aliphatic heterocycles. The van der Waals surface area contributed by atoms with Crippen LogP contribution in [-0.4, -0.2) is 4.57 Å². The Kier molecular flexibility index (Phi) is 12.3. The van der Waals surface area contributed by atoms with Gasteiger partial charge in [0, 0.05) is 32.8 Å². The smallest absolute Gasteiger partial charge is 0.0541 e. The van der Waals surface area contributed by atoms with E-state index in [-0.39, 0.29) is 32.5 Å². The fourth-order valence-corrected chi connectivity index (χ4v) is 11.8. The highest BCUT2D eigenvalue weighted by Crippen LogP contribution is 2.50. The van der Waals surface area contributed by atoms with Crippen molar-refractivity contribution in [3.05, 3.63) is 203 Å². The zero-order chi connectivity index (χ0) is 55.8. The maximum Gasteiger partial charge on any atom is 0.0541 e. The largest absolute Gasteiger partial charge is 0.309 e. The Labute approximate surface area is 466 Å². The van der Waals surface area contributed by atoms with Crippen LogP contribution in [0.25, 0.3) is 82.1 Å². The van der Waals surface area contributed by atoms with Gasteiger partial charge in [-0.25, -0.2) is 0 Å². The second-order valence-corrected chi connectivity index (χ2v) is 28.9. The molecule has 1 aromatic heterocycles. The molecule has 0 saturated heterocycles. The summed E-state index contributed by atoms with van der Waals surface area (Å²) in [5.41, 5.74) is 20.0. The molecular weight excluding hydrogens is 941 g/mol. The van der Waals surface area contributed by atoms with Crippen molar-refractivity contribution < 1.29 is 0 Å². The molecule has 11 rings (SSSR count). The summed E-state index contributed by atoms with van der Waals surface area (Å²) in [7, 11) is 0. The van der Waals surface area contributed by atoms with Gasteiger partial charge in [0.1, 0.15) is 0 Å². The molecule has 0 radical (unpaired) electrons. The molecule has 0 fully saturated rings. The summed E-state index contributed by atoms with van der Waals surface area (Å²) in [5, 5.41) is 10.2. The van der Waals surface area contributed by atoms with Gasteiger partial charge in [-0.2, -0.15) is 0 Å². The minimum atomic E-state index is -0.0807. The molecule has 0 bridgehead atoms. The molecule has 396 valence electrons. The van der Waals surface area contributed by atoms with E-state index in [1.165, 1.54) is 115 Å². The minimum absolute atomic E-state index is 0.0201. The maximum absolute atomic E-state index is 2.58. The fraction of sp³-hybridized carbons (Fsp3) is 0.316. The Morgan fingerprint density at radius 3 is 1.22 bits per heavy atom. The zero-order valence-electron chi connectivity index (χ0n) is 50.1. The summed E-state index contributed by atoms with van der Waals surface area (Å²) in [6.45, 7) is 41.9. The first-order chi connectivity index (χ1) is 36.4. The Morgan fingerprint density at radius 2 is 0.718 bits per heavy atom. The van der Waals surface area contributed by atoms with Gasteiger partial charge in [-0.05, 0) is 159 Å². The number of hydrogen-bond donors (Lipinski definition) is 0. The van der Waals surface area contributed by atoms with Crippen LogP contribution in [0.1, 0.15) is 158 Å². The summed E-state index contributed by atoms with van der Waals surface area (Å²) in [6, 6.07) is 66.3. The lowest BCUT2D eigenvalue weighted by Crippen LogP contribution is -2.19. The van der Waals surface area contributed by atoms with Crippen molar-refractivity contribution in [2.75, 3.05) is 4.90 Å². The van der Waals surface area contributed by atoms with E-state index in [0.29, 0.717) is 0 Å². The van der Waals surface area contributed by atoms with Gasteiger partial charge in [0.2, 0.25) is 0 Å². The van der Waals surface area contributed by atoms with Crippen molar-refractivity contribution in [1.82, 2.24) is 4.57 Å². The predicted molar refractivity (Wildman–Crippen MR) is 342 cm³/mol. The first-order valence-electron chi connectivity index (χ1n) is 28.6. The summed E-state index contributed by atoms with van der Waals surface area (Å²) in [4.78, 5) is 2.58. The molecule has 78 heavy (non-hydrogen) atoms. The highest BCUT2D eigenvalue weighted by molar-refractivity contribution is 6.27. The van der Waals surface area contributed by atoms with E-state index in [9.17, 15) is 0 Å². The normalized spacial score (nSPS) is 13.3. The fourth-order valence-electron chi connectivity index (χ4n) is 11.8. The Hall–Kier alpha value is -7.16. The number of anilines is 3. The average molecular weight is 1020 g/mol. The number of fused-ring (bicyclic) bond motifs is 3. The summed E-state index contributed by atoms with van der Waals surface area (Å²) in [5.74, 6) is 0. The van der Waals surface area contributed by atoms with Crippen LogP contribution in [0.4, 0.5) is 17.1 Å². The average Bonchev–Trinajstić information content (AvgIpc) is 3.92. The SMILES string of the molecule is CC(C)(C)c1cc(-c2ccc(-c3ccccc3N(c3cc(C(C)(C)C)cc(C(C)(C)C)c3)c3ccc4ccc5c(-n6c7ccc(C(C)(C)C)cc7c7cc(C(C)(C)C)ccc76)ccc6ccc3c4c65)cc2)cc(C(C)(C)C)c1. The third kappa shape index (κ3) is 9.37. The van der Waals surface area contributed by atoms with Crippen molar-refractivity contribution >= 4 is 71.2 Å². The monoisotopic (exact) mass is 1020 g/mol. The lowest BCUT2D eigenvalue weighted by Gasteiger charge is -2.33. The number of hydrogen-bond acceptors (Lipinski definition) is 1. The quantitative estimate of drug-likeness (QED) is 0.151. The van der Waals surface area contributed by atoms with Gasteiger partial charge in [0.05, 0.1) is 28.1 Å². The van der Waals surface area contributed by atoms with Crippen molar-refractivity contribution in [2.24, 2.45) is 0 Å². The molecule has 2 nitrogen and oxygen atoms in total. The highest BCUT2D eigenvalue weighted by atomic mass is 15.1. The van der Waals surface area contributed by atoms with Crippen LogP contribution < -0.4 is 4.90 Å². The van der Waals surface area contributed by atoms with Crippen LogP contribution in [0.15, 0.2) is 170 Å². The van der Waals surface area contributed by atoms with E-state index in [0.717, 1.165) is 17.1 Å². The van der Waals surface area contributed by atoms with Gasteiger partial charge >= 0.3 is 0 Å². The summed E-state index contributed by atoms with van der Waals surface area (Å²) < 4.78 is 2.54. The number of benzene rings is 10. The van der Waals surface area contributed by atoms with Gasteiger partial charge in [-0.3, -0.25) is 0 Å². The maximum atomic E-state index is 2.58. The van der Waals surface area contributed by atoms with E-state index in [4.69, 9.17) is 0 Å². The van der Waals surface area contributed by atoms with E-state index >= 15 is 0 Å². The first-order valence-corrected chi connectivity index (χ1v) is 28.6. The van der Waals surface area contributed by atoms with Crippen LogP contribution in [0, 0.1) is 0 Å². The van der Waals surface area contributed by atoms with Crippen molar-refractivity contribution in [2.45, 2.75) is 157 Å². The molecule has 2 heteroatoms. The topological polar surface area (TPSA) is 8.17 Å². The number of rotatable bonds is 6. The number of nitrogens with zero attached hydrogens (tertiary/aromatic N) is 2. The molecule has 0 amide bonds. The minimum Gasteiger partial charge on any atom is -0.309 e. The van der Waals surface area contributed by atoms with Crippen molar-refractivity contribution in [3.63, 3.8) is 0 Å². The van der Waals surface area contributed by atoms with Gasteiger partial charge in [-0.1, -0.05) is 240 Å². The van der Waals surface area contributed by atoms with E-state index in [1.807, 2.05) is 0 Å². The van der Waals surface area contributed by atoms with Crippen LogP contribution in [0.3, 0.4) is 0 Å². The van der Waals surface area contributed by atoms with E-state index in [1.54, 1.807) is 0 Å². The molecule has 0 unspecified atom stereocenters. The molecule has 11 aromatic rings. The molecule has 0 aliphatic carbocycles. The van der Waals surface area contributed by atoms with Gasteiger partial charge < -0.3 is 9.47 Å². The van der Waals surface area contributed by atoms with Crippen LogP contribution in [0.2, 0.25) is 0 Å². The van der Waals surface area contributed by atoms with Gasteiger partial charge in [0.15, 0.2) is 0 Å². The third-order valence-corrected chi connectivity index (χ3v) is 16.8. The van der Waals surface area contributed by atoms with Crippen molar-refractivity contribution in [1.29, 1.82) is 0 Å². The number of para-hydroxylation sites is 1. The van der Waals surface area contributed by atoms with Crippen LogP contribution in [0.5, 0.6) is 0 Å². The Bertz CT molecular complexity index is 3980. The lowest BCUT2D eigenvalue weighted by molar-refractivity contribution is 0.568. The molecule has 1 heterocycles. The van der Waals surface area contributed by atoms with Crippen LogP contribution >= 0.6 is 0 Å². The lowest BCUT2D eigenvalue weighted by atomic mass is 9.79. The molecular formula is C76H82N2. The summed E-state index contributed by atoms with van der Waals surface area (Å²) in [6.07, 6.45) is 0. The van der Waals surface area contributed by atoms with E-state index in [2.05, 4.69) is 304 Å². The molecule has 0 atom stereocenters. The highest BCUT2D eigenvalue weighted by Gasteiger charge is 2.29.